The van der Waals surface area contributed by atoms with E-state index in [4.69, 9.17) is 0 Å². The average molecular weight is 502 g/mol. The molecule has 5 rings (SSSR count). The van der Waals surface area contributed by atoms with Gasteiger partial charge in [-0.3, -0.25) is 4.79 Å². The van der Waals surface area contributed by atoms with Crippen molar-refractivity contribution in [2.24, 2.45) is 4.99 Å². The zero-order valence-electron chi connectivity index (χ0n) is 19.4. The van der Waals surface area contributed by atoms with Gasteiger partial charge in [0.1, 0.15) is 0 Å². The van der Waals surface area contributed by atoms with E-state index in [2.05, 4.69) is 34.5 Å². The first-order chi connectivity index (χ1) is 16.6. The number of amidine groups is 1. The Balaban J connectivity index is 1.23. The molecule has 1 saturated heterocycles. The Labute approximate surface area is 206 Å². The number of hydrogen-bond donors (Lipinski definition) is 2. The van der Waals surface area contributed by atoms with Crippen molar-refractivity contribution >= 4 is 34.6 Å². The van der Waals surface area contributed by atoms with Gasteiger partial charge >= 0.3 is 6.18 Å². The van der Waals surface area contributed by atoms with Crippen molar-refractivity contribution in [1.29, 1.82) is 0 Å². The number of carbonyl (C=O) groups is 1. The maximum atomic E-state index is 12.8. The van der Waals surface area contributed by atoms with Gasteiger partial charge in [0.25, 0.3) is 5.91 Å². The lowest BCUT2D eigenvalue weighted by Crippen LogP contribution is -2.55. The Morgan fingerprint density at radius 2 is 1.83 bits per heavy atom. The van der Waals surface area contributed by atoms with Gasteiger partial charge in [-0.25, -0.2) is 5.01 Å². The summed E-state index contributed by atoms with van der Waals surface area (Å²) in [6, 6.07) is 11.8. The number of nitrogens with one attached hydrogen (secondary N) is 2. The van der Waals surface area contributed by atoms with E-state index in [1.165, 1.54) is 23.9 Å². The monoisotopic (exact) mass is 501 g/mol. The van der Waals surface area contributed by atoms with Gasteiger partial charge in [-0.1, -0.05) is 18.2 Å². The summed E-state index contributed by atoms with van der Waals surface area (Å²) >= 11 is 1.42. The van der Waals surface area contributed by atoms with Crippen LogP contribution in [0, 0.1) is 0 Å². The number of nitrogens with zero attached hydrogens (tertiary/aromatic N) is 3. The van der Waals surface area contributed by atoms with E-state index in [-0.39, 0.29) is 5.91 Å². The van der Waals surface area contributed by atoms with Crippen molar-refractivity contribution in [3.05, 3.63) is 69.6 Å². The van der Waals surface area contributed by atoms with Crippen LogP contribution in [0.1, 0.15) is 36.1 Å². The molecule has 0 bridgehead atoms. The van der Waals surface area contributed by atoms with Crippen LogP contribution in [-0.4, -0.2) is 46.2 Å². The molecule has 2 aromatic rings. The summed E-state index contributed by atoms with van der Waals surface area (Å²) in [6.07, 6.45) is -2.46. The number of halogens is 3. The summed E-state index contributed by atoms with van der Waals surface area (Å²) in [5.74, 6) is -0.216. The van der Waals surface area contributed by atoms with Gasteiger partial charge in [-0.05, 0) is 72.6 Å². The maximum Gasteiger partial charge on any atom is 0.416 e. The normalized spacial score (nSPS) is 24.0. The van der Waals surface area contributed by atoms with E-state index < -0.39 is 11.7 Å². The summed E-state index contributed by atoms with van der Waals surface area (Å²) in [5, 5.41) is 6.19. The molecule has 0 unspecified atom stereocenters. The molecule has 3 aliphatic heterocycles. The lowest BCUT2D eigenvalue weighted by Gasteiger charge is -2.36. The van der Waals surface area contributed by atoms with Crippen LogP contribution >= 0.6 is 11.8 Å². The molecule has 2 aromatic carbocycles. The Bertz CT molecular complexity index is 1180. The lowest BCUT2D eigenvalue weighted by atomic mass is 10.1. The van der Waals surface area contributed by atoms with Crippen molar-refractivity contribution in [1.82, 2.24) is 15.2 Å². The molecule has 0 spiro atoms. The first-order valence-electron chi connectivity index (χ1n) is 11.5. The summed E-state index contributed by atoms with van der Waals surface area (Å²) in [6.45, 7) is 6.96. The number of aliphatic imine (C=N–C) groups is 1. The minimum absolute atomic E-state index is 0.216. The molecule has 10 heteroatoms. The van der Waals surface area contributed by atoms with Crippen molar-refractivity contribution in [2.45, 2.75) is 45.2 Å². The molecule has 0 radical (unpaired) electrons. The number of fused-ring (bicyclic) bond motifs is 1. The quantitative estimate of drug-likeness (QED) is 0.595. The summed E-state index contributed by atoms with van der Waals surface area (Å²) in [7, 11) is 0. The van der Waals surface area contributed by atoms with Crippen LogP contribution < -0.4 is 10.7 Å². The SMILES string of the molecule is C[C@@H]1CN(C2=NC(=O)C(=Cc3ccc4c(c3)CN(Cc3ccc(C(F)(F)F)cc3)N4)S2)C[C@H](C)N1. The standard InChI is InChI=1S/C25H26F3N5OS/c1-15-11-32(12-16(2)29-15)24-30-23(34)22(35-24)10-18-5-8-21-19(9-18)14-33(31-21)13-17-3-6-20(7-4-17)25(26,27)28/h3-10,15-16,29,31H,11-14H2,1-2H3/t15-,16+. The minimum atomic E-state index is -4.34. The van der Waals surface area contributed by atoms with Gasteiger partial charge in [-0.15, -0.1) is 0 Å². The maximum absolute atomic E-state index is 12.8. The van der Waals surface area contributed by atoms with Crippen LogP contribution in [0.25, 0.3) is 6.08 Å². The number of carbonyl (C=O) groups excluding carboxylic acids is 1. The van der Waals surface area contributed by atoms with Crippen LogP contribution in [0.15, 0.2) is 52.4 Å². The zero-order valence-corrected chi connectivity index (χ0v) is 20.2. The predicted molar refractivity (Wildman–Crippen MR) is 132 cm³/mol. The molecule has 0 aromatic heterocycles. The van der Waals surface area contributed by atoms with Gasteiger partial charge in [0.2, 0.25) is 0 Å². The third-order valence-corrected chi connectivity index (χ3v) is 7.20. The van der Waals surface area contributed by atoms with E-state index in [0.29, 0.717) is 30.1 Å². The zero-order chi connectivity index (χ0) is 24.7. The van der Waals surface area contributed by atoms with E-state index in [9.17, 15) is 18.0 Å². The molecule has 35 heavy (non-hydrogen) atoms. The van der Waals surface area contributed by atoms with Crippen LogP contribution in [0.3, 0.4) is 0 Å². The number of alkyl halides is 3. The molecule has 1 amide bonds. The molecular formula is C25H26F3N5OS. The molecule has 184 valence electrons. The molecule has 2 atom stereocenters. The van der Waals surface area contributed by atoms with E-state index in [0.717, 1.165) is 52.8 Å². The fourth-order valence-electron chi connectivity index (χ4n) is 4.64. The molecular weight excluding hydrogens is 475 g/mol. The Kier molecular flexibility index (Phi) is 6.37. The highest BCUT2D eigenvalue weighted by atomic mass is 32.2. The first kappa shape index (κ1) is 23.9. The van der Waals surface area contributed by atoms with Gasteiger partial charge in [0, 0.05) is 38.3 Å². The van der Waals surface area contributed by atoms with Gasteiger partial charge in [0.15, 0.2) is 5.17 Å². The van der Waals surface area contributed by atoms with E-state index in [1.807, 2.05) is 29.3 Å². The number of thioether (sulfide) groups is 1. The number of rotatable bonds is 3. The number of benzene rings is 2. The summed E-state index contributed by atoms with van der Waals surface area (Å²) in [5.41, 5.74) is 6.36. The Morgan fingerprint density at radius 3 is 2.51 bits per heavy atom. The number of amides is 1. The second-order valence-electron chi connectivity index (χ2n) is 9.26. The fourth-order valence-corrected chi connectivity index (χ4v) is 5.57. The molecule has 3 aliphatic rings. The van der Waals surface area contributed by atoms with Crippen molar-refractivity contribution in [3.63, 3.8) is 0 Å². The van der Waals surface area contributed by atoms with Crippen LogP contribution in [0.2, 0.25) is 0 Å². The Morgan fingerprint density at radius 1 is 1.11 bits per heavy atom. The lowest BCUT2D eigenvalue weighted by molar-refractivity contribution is -0.137. The van der Waals surface area contributed by atoms with Crippen LogP contribution in [0.4, 0.5) is 18.9 Å². The average Bonchev–Trinajstić information content (AvgIpc) is 3.35. The highest BCUT2D eigenvalue weighted by Crippen LogP contribution is 2.34. The summed E-state index contributed by atoms with van der Waals surface area (Å²) in [4.78, 5) is 19.6. The fraction of sp³-hybridized carbons (Fsp3) is 0.360. The Hall–Kier alpha value is -2.82. The van der Waals surface area contributed by atoms with Crippen molar-refractivity contribution in [3.8, 4) is 0 Å². The number of hydrogen-bond acceptors (Lipinski definition) is 6. The molecule has 6 nitrogen and oxygen atoms in total. The highest BCUT2D eigenvalue weighted by Gasteiger charge is 2.31. The van der Waals surface area contributed by atoms with E-state index >= 15 is 0 Å². The van der Waals surface area contributed by atoms with Crippen LogP contribution in [0.5, 0.6) is 0 Å². The van der Waals surface area contributed by atoms with Gasteiger partial charge in [-0.2, -0.15) is 18.2 Å². The molecule has 0 aliphatic carbocycles. The third kappa shape index (κ3) is 5.39. The number of anilines is 1. The molecule has 3 heterocycles. The van der Waals surface area contributed by atoms with Crippen molar-refractivity contribution < 1.29 is 18.0 Å². The molecule has 2 N–H and O–H groups in total. The van der Waals surface area contributed by atoms with Crippen molar-refractivity contribution in [2.75, 3.05) is 18.5 Å². The molecule has 1 fully saturated rings. The number of hydrazine groups is 1. The minimum Gasteiger partial charge on any atom is -0.348 e. The van der Waals surface area contributed by atoms with E-state index in [1.54, 1.807) is 0 Å². The molecule has 0 saturated carbocycles. The topological polar surface area (TPSA) is 60.0 Å². The first-order valence-corrected chi connectivity index (χ1v) is 12.3. The smallest absolute Gasteiger partial charge is 0.348 e. The highest BCUT2D eigenvalue weighted by molar-refractivity contribution is 8.18. The second-order valence-corrected chi connectivity index (χ2v) is 10.3. The van der Waals surface area contributed by atoms with Crippen LogP contribution in [-0.2, 0) is 24.1 Å². The van der Waals surface area contributed by atoms with Gasteiger partial charge in [0.05, 0.1) is 16.2 Å². The second kappa shape index (κ2) is 9.33. The predicted octanol–water partition coefficient (Wildman–Crippen LogP) is 4.70. The summed E-state index contributed by atoms with van der Waals surface area (Å²) < 4.78 is 38.4. The third-order valence-electron chi connectivity index (χ3n) is 6.16. The number of piperazine rings is 1. The largest absolute Gasteiger partial charge is 0.416 e. The van der Waals surface area contributed by atoms with Gasteiger partial charge < -0.3 is 15.6 Å².